The van der Waals surface area contributed by atoms with Crippen molar-refractivity contribution in [3.63, 3.8) is 0 Å². The molecule has 1 aliphatic rings. The average molecular weight is 270 g/mol. The number of nitrogens with zero attached hydrogens (tertiary/aromatic N) is 3. The molecule has 0 aliphatic heterocycles. The lowest BCUT2D eigenvalue weighted by atomic mass is 10.0. The van der Waals surface area contributed by atoms with Crippen LogP contribution in [-0.4, -0.2) is 14.8 Å². The second-order valence-corrected chi connectivity index (χ2v) is 7.26. The molecule has 0 aromatic carbocycles. The molecule has 1 aliphatic carbocycles. The summed E-state index contributed by atoms with van der Waals surface area (Å²) in [7, 11) is 0. The van der Waals surface area contributed by atoms with Gasteiger partial charge in [-0.15, -0.1) is 21.8 Å². The third-order valence-electron chi connectivity index (χ3n) is 4.80. The van der Waals surface area contributed by atoms with E-state index in [-0.39, 0.29) is 0 Å². The molecule has 0 atom stereocenters. The lowest BCUT2D eigenvalue weighted by Crippen LogP contribution is -2.12. The van der Waals surface area contributed by atoms with E-state index < -0.39 is 0 Å². The normalized spacial score (nSPS) is 21.6. The number of alkyl halides is 1. The van der Waals surface area contributed by atoms with Crippen molar-refractivity contribution in [2.75, 3.05) is 0 Å². The van der Waals surface area contributed by atoms with Gasteiger partial charge in [0.05, 0.1) is 5.88 Å². The third-order valence-corrected chi connectivity index (χ3v) is 5.04. The topological polar surface area (TPSA) is 30.7 Å². The van der Waals surface area contributed by atoms with E-state index >= 15 is 0 Å². The van der Waals surface area contributed by atoms with Crippen LogP contribution in [0.4, 0.5) is 0 Å². The average Bonchev–Trinajstić information content (AvgIpc) is 2.57. The van der Waals surface area contributed by atoms with Crippen molar-refractivity contribution in [1.82, 2.24) is 14.8 Å². The first-order valence-corrected chi connectivity index (χ1v) is 7.24. The van der Waals surface area contributed by atoms with Crippen molar-refractivity contribution in [1.29, 1.82) is 0 Å². The van der Waals surface area contributed by atoms with Crippen molar-refractivity contribution in [3.8, 4) is 0 Å². The summed E-state index contributed by atoms with van der Waals surface area (Å²) in [6, 6.07) is 0. The van der Waals surface area contributed by atoms with Crippen LogP contribution in [0, 0.1) is 16.7 Å². The molecule has 0 bridgehead atoms. The fraction of sp³-hybridized carbons (Fsp3) is 0.857. The number of hydrogen-bond donors (Lipinski definition) is 0. The molecule has 2 rings (SSSR count). The Hall–Kier alpha value is -0.570. The predicted octanol–water partition coefficient (Wildman–Crippen LogP) is 3.82. The van der Waals surface area contributed by atoms with E-state index in [1.54, 1.807) is 0 Å². The van der Waals surface area contributed by atoms with Crippen molar-refractivity contribution in [3.05, 3.63) is 11.6 Å². The minimum atomic E-state index is 0.290. The standard InChI is InChI=1S/C14H24ClN3/c1-9(2)8-18-10(7-15)16-17-12(18)11-13(3,4)14(11,5)6/h9,11H,7-8H2,1-6H3. The second kappa shape index (κ2) is 4.22. The van der Waals surface area contributed by atoms with E-state index in [0.29, 0.717) is 28.5 Å². The first-order valence-electron chi connectivity index (χ1n) is 6.71. The van der Waals surface area contributed by atoms with Crippen molar-refractivity contribution < 1.29 is 0 Å². The van der Waals surface area contributed by atoms with Gasteiger partial charge < -0.3 is 4.57 Å². The highest BCUT2D eigenvalue weighted by molar-refractivity contribution is 6.16. The van der Waals surface area contributed by atoms with Crippen LogP contribution in [0.1, 0.15) is 59.1 Å². The Balaban J connectivity index is 2.38. The molecule has 4 heteroatoms. The highest BCUT2D eigenvalue weighted by Crippen LogP contribution is 2.73. The molecule has 18 heavy (non-hydrogen) atoms. The van der Waals surface area contributed by atoms with Gasteiger partial charge in [-0.05, 0) is 16.7 Å². The molecule has 3 nitrogen and oxygen atoms in total. The summed E-state index contributed by atoms with van der Waals surface area (Å²) in [5.41, 5.74) is 0.580. The van der Waals surface area contributed by atoms with Gasteiger partial charge in [-0.25, -0.2) is 0 Å². The zero-order valence-electron chi connectivity index (χ0n) is 12.3. The Kier molecular flexibility index (Phi) is 3.25. The van der Waals surface area contributed by atoms with Gasteiger partial charge in [0.2, 0.25) is 0 Å². The van der Waals surface area contributed by atoms with Gasteiger partial charge in [0.15, 0.2) is 0 Å². The van der Waals surface area contributed by atoms with Crippen LogP contribution in [0.2, 0.25) is 0 Å². The fourth-order valence-corrected chi connectivity index (χ4v) is 3.27. The van der Waals surface area contributed by atoms with Crippen LogP contribution in [0.3, 0.4) is 0 Å². The molecule has 0 radical (unpaired) electrons. The molecule has 0 spiro atoms. The van der Waals surface area contributed by atoms with Gasteiger partial charge in [-0.1, -0.05) is 41.5 Å². The van der Waals surface area contributed by atoms with Gasteiger partial charge in [0, 0.05) is 12.5 Å². The number of halogens is 1. The summed E-state index contributed by atoms with van der Waals surface area (Å²) >= 11 is 5.97. The second-order valence-electron chi connectivity index (χ2n) is 6.99. The van der Waals surface area contributed by atoms with Crippen LogP contribution in [0.15, 0.2) is 0 Å². The summed E-state index contributed by atoms with van der Waals surface area (Å²) in [5, 5.41) is 8.68. The number of rotatable bonds is 4. The number of hydrogen-bond acceptors (Lipinski definition) is 2. The molecule has 1 fully saturated rings. The Morgan fingerprint density at radius 3 is 2.11 bits per heavy atom. The molecule has 0 N–H and O–H groups in total. The van der Waals surface area contributed by atoms with E-state index in [4.69, 9.17) is 11.6 Å². The molecule has 0 unspecified atom stereocenters. The Labute approximate surface area is 115 Å². The first-order chi connectivity index (χ1) is 8.23. The first kappa shape index (κ1) is 13.9. The summed E-state index contributed by atoms with van der Waals surface area (Å²) in [5.74, 6) is 3.51. The molecule has 102 valence electrons. The molecule has 1 aromatic rings. The zero-order chi connectivity index (χ0) is 13.7. The third kappa shape index (κ3) is 1.87. The van der Waals surface area contributed by atoms with E-state index in [0.717, 1.165) is 18.2 Å². The maximum absolute atomic E-state index is 5.97. The van der Waals surface area contributed by atoms with Crippen LogP contribution in [0.5, 0.6) is 0 Å². The van der Waals surface area contributed by atoms with E-state index in [1.165, 1.54) is 0 Å². The fourth-order valence-electron chi connectivity index (χ4n) is 3.07. The largest absolute Gasteiger partial charge is 0.313 e. The van der Waals surface area contributed by atoms with Gasteiger partial charge in [-0.2, -0.15) is 0 Å². The Morgan fingerprint density at radius 2 is 1.72 bits per heavy atom. The predicted molar refractivity (Wildman–Crippen MR) is 74.7 cm³/mol. The van der Waals surface area contributed by atoms with Gasteiger partial charge >= 0.3 is 0 Å². The summed E-state index contributed by atoms with van der Waals surface area (Å²) in [4.78, 5) is 0. The minimum absolute atomic E-state index is 0.290. The van der Waals surface area contributed by atoms with Crippen LogP contribution < -0.4 is 0 Å². The van der Waals surface area contributed by atoms with Crippen molar-refractivity contribution in [2.24, 2.45) is 16.7 Å². The van der Waals surface area contributed by atoms with E-state index in [9.17, 15) is 0 Å². The zero-order valence-corrected chi connectivity index (χ0v) is 13.0. The van der Waals surface area contributed by atoms with Gasteiger partial charge in [0.1, 0.15) is 11.6 Å². The molecule has 1 heterocycles. The summed E-state index contributed by atoms with van der Waals surface area (Å²) < 4.78 is 2.23. The van der Waals surface area contributed by atoms with Crippen molar-refractivity contribution in [2.45, 2.75) is 59.9 Å². The molecule has 0 amide bonds. The molecular formula is C14H24ClN3. The Morgan fingerprint density at radius 1 is 1.17 bits per heavy atom. The van der Waals surface area contributed by atoms with Gasteiger partial charge in [-0.3, -0.25) is 0 Å². The van der Waals surface area contributed by atoms with Crippen LogP contribution in [0.25, 0.3) is 0 Å². The smallest absolute Gasteiger partial charge is 0.147 e. The van der Waals surface area contributed by atoms with E-state index in [2.05, 4.69) is 56.3 Å². The maximum atomic E-state index is 5.97. The monoisotopic (exact) mass is 269 g/mol. The lowest BCUT2D eigenvalue weighted by Gasteiger charge is -2.12. The highest BCUT2D eigenvalue weighted by atomic mass is 35.5. The SMILES string of the molecule is CC(C)Cn1c(CCl)nnc1C1C(C)(C)C1(C)C. The van der Waals surface area contributed by atoms with Gasteiger partial charge in [0.25, 0.3) is 0 Å². The molecule has 1 saturated carbocycles. The molecule has 1 aromatic heterocycles. The van der Waals surface area contributed by atoms with Crippen molar-refractivity contribution >= 4 is 11.6 Å². The highest BCUT2D eigenvalue weighted by Gasteiger charge is 2.67. The number of aromatic nitrogens is 3. The Bertz CT molecular complexity index is 432. The lowest BCUT2D eigenvalue weighted by molar-refractivity contribution is 0.457. The summed E-state index contributed by atoms with van der Waals surface area (Å²) in [6.45, 7) is 14.6. The molecule has 0 saturated heterocycles. The molecular weight excluding hydrogens is 246 g/mol. The quantitative estimate of drug-likeness (QED) is 0.778. The maximum Gasteiger partial charge on any atom is 0.147 e. The summed E-state index contributed by atoms with van der Waals surface area (Å²) in [6.07, 6.45) is 0. The van der Waals surface area contributed by atoms with Crippen LogP contribution >= 0.6 is 11.6 Å². The van der Waals surface area contributed by atoms with E-state index in [1.807, 2.05) is 0 Å². The minimum Gasteiger partial charge on any atom is -0.313 e. The van der Waals surface area contributed by atoms with Crippen LogP contribution in [-0.2, 0) is 12.4 Å².